The number of hydrogen-bond acceptors (Lipinski definition) is 6. The maximum atomic E-state index is 12.3. The molecule has 0 bridgehead atoms. The van der Waals surface area contributed by atoms with E-state index in [1.54, 1.807) is 18.6 Å². The number of nitrogens with zero attached hydrogens (tertiary/aromatic N) is 4. The first-order chi connectivity index (χ1) is 13.3. The summed E-state index contributed by atoms with van der Waals surface area (Å²) < 4.78 is 22.2. The van der Waals surface area contributed by atoms with Crippen LogP contribution in [0, 0.1) is 0 Å². The SMILES string of the molecule is C[C@@H]1COCCN1c1cc(N=S(C)(C)=O)nc(-c2cc(Cl)nc3[nH]ccc23)c1. The van der Waals surface area contributed by atoms with Crippen molar-refractivity contribution in [3.8, 4) is 11.3 Å². The van der Waals surface area contributed by atoms with Gasteiger partial charge in [-0.05, 0) is 25.1 Å². The van der Waals surface area contributed by atoms with Crippen LogP contribution >= 0.6 is 11.6 Å². The Hall–Kier alpha value is -2.16. The number of aromatic amines is 1. The van der Waals surface area contributed by atoms with Crippen molar-refractivity contribution in [3.05, 3.63) is 35.6 Å². The third-order valence-electron chi connectivity index (χ3n) is 4.58. The van der Waals surface area contributed by atoms with E-state index in [4.69, 9.17) is 16.3 Å². The van der Waals surface area contributed by atoms with E-state index in [2.05, 4.69) is 31.1 Å². The average Bonchev–Trinajstić information content (AvgIpc) is 3.08. The van der Waals surface area contributed by atoms with Gasteiger partial charge in [0.25, 0.3) is 0 Å². The number of pyridine rings is 2. The summed E-state index contributed by atoms with van der Waals surface area (Å²) in [6, 6.07) is 7.87. The van der Waals surface area contributed by atoms with Gasteiger partial charge in [-0.1, -0.05) is 11.6 Å². The van der Waals surface area contributed by atoms with Crippen LogP contribution in [0.25, 0.3) is 22.3 Å². The quantitative estimate of drug-likeness (QED) is 0.651. The zero-order chi connectivity index (χ0) is 19.9. The molecule has 9 heteroatoms. The fourth-order valence-electron chi connectivity index (χ4n) is 3.41. The van der Waals surface area contributed by atoms with E-state index in [1.807, 2.05) is 24.4 Å². The summed E-state index contributed by atoms with van der Waals surface area (Å²) >= 11 is 6.23. The Morgan fingerprint density at radius 2 is 2.14 bits per heavy atom. The first-order valence-electron chi connectivity index (χ1n) is 8.98. The summed E-state index contributed by atoms with van der Waals surface area (Å²) in [6.45, 7) is 4.21. The van der Waals surface area contributed by atoms with Crippen molar-refractivity contribution in [2.45, 2.75) is 13.0 Å². The molecule has 1 aliphatic heterocycles. The molecule has 0 aromatic carbocycles. The normalized spacial score (nSPS) is 17.9. The fraction of sp³-hybridized carbons (Fsp3) is 0.368. The lowest BCUT2D eigenvalue weighted by atomic mass is 10.1. The molecule has 1 fully saturated rings. The van der Waals surface area contributed by atoms with Crippen molar-refractivity contribution in [2.24, 2.45) is 4.36 Å². The first kappa shape index (κ1) is 19.2. The zero-order valence-corrected chi connectivity index (χ0v) is 17.5. The van der Waals surface area contributed by atoms with Gasteiger partial charge in [-0.3, -0.25) is 0 Å². The number of halogens is 1. The molecule has 1 atom stereocenters. The van der Waals surface area contributed by atoms with Crippen molar-refractivity contribution in [1.82, 2.24) is 15.0 Å². The summed E-state index contributed by atoms with van der Waals surface area (Å²) in [5, 5.41) is 1.30. The van der Waals surface area contributed by atoms with E-state index in [9.17, 15) is 4.21 Å². The van der Waals surface area contributed by atoms with Crippen molar-refractivity contribution < 1.29 is 8.95 Å². The predicted octanol–water partition coefficient (Wildman–Crippen LogP) is 3.86. The minimum absolute atomic E-state index is 0.220. The van der Waals surface area contributed by atoms with Crippen LogP contribution in [-0.2, 0) is 14.5 Å². The van der Waals surface area contributed by atoms with E-state index in [0.717, 1.165) is 23.2 Å². The molecule has 0 saturated carbocycles. The number of H-pyrrole nitrogens is 1. The summed E-state index contributed by atoms with van der Waals surface area (Å²) in [4.78, 5) is 14.3. The summed E-state index contributed by atoms with van der Waals surface area (Å²) in [6.07, 6.45) is 5.03. The Balaban J connectivity index is 1.93. The van der Waals surface area contributed by atoms with Gasteiger partial charge in [0.2, 0.25) is 0 Å². The predicted molar refractivity (Wildman–Crippen MR) is 114 cm³/mol. The van der Waals surface area contributed by atoms with Crippen molar-refractivity contribution in [1.29, 1.82) is 0 Å². The molecule has 1 saturated heterocycles. The number of fused-ring (bicyclic) bond motifs is 1. The van der Waals surface area contributed by atoms with Crippen molar-refractivity contribution in [2.75, 3.05) is 37.2 Å². The van der Waals surface area contributed by atoms with Gasteiger partial charge in [-0.2, -0.15) is 4.36 Å². The monoisotopic (exact) mass is 419 g/mol. The third-order valence-corrected chi connectivity index (χ3v) is 5.40. The molecule has 4 rings (SSSR count). The summed E-state index contributed by atoms with van der Waals surface area (Å²) in [5.74, 6) is 0.442. The zero-order valence-electron chi connectivity index (χ0n) is 16.0. The average molecular weight is 420 g/mol. The molecule has 148 valence electrons. The third kappa shape index (κ3) is 3.99. The molecular formula is C19H22ClN5O2S. The number of anilines is 1. The van der Waals surface area contributed by atoms with Crippen molar-refractivity contribution in [3.63, 3.8) is 0 Å². The van der Waals surface area contributed by atoms with Crippen LogP contribution in [0.4, 0.5) is 11.5 Å². The van der Waals surface area contributed by atoms with E-state index < -0.39 is 9.73 Å². The Labute approximate surface area is 169 Å². The van der Waals surface area contributed by atoms with Gasteiger partial charge in [-0.15, -0.1) is 0 Å². The molecule has 0 unspecified atom stereocenters. The van der Waals surface area contributed by atoms with Gasteiger partial charge < -0.3 is 14.6 Å². The molecular weight excluding hydrogens is 398 g/mol. The highest BCUT2D eigenvalue weighted by molar-refractivity contribution is 7.92. The van der Waals surface area contributed by atoms with E-state index >= 15 is 0 Å². The van der Waals surface area contributed by atoms with Crippen LogP contribution in [0.1, 0.15) is 6.92 Å². The van der Waals surface area contributed by atoms with Crippen LogP contribution in [0.2, 0.25) is 5.15 Å². The molecule has 1 N–H and O–H groups in total. The van der Waals surface area contributed by atoms with E-state index in [-0.39, 0.29) is 6.04 Å². The van der Waals surface area contributed by atoms with Gasteiger partial charge in [0.1, 0.15) is 10.8 Å². The highest BCUT2D eigenvalue weighted by atomic mass is 35.5. The first-order valence-corrected chi connectivity index (χ1v) is 11.7. The summed E-state index contributed by atoms with van der Waals surface area (Å²) in [7, 11) is -2.35. The number of aromatic nitrogens is 3. The lowest BCUT2D eigenvalue weighted by Crippen LogP contribution is -2.43. The van der Waals surface area contributed by atoms with E-state index in [0.29, 0.717) is 35.5 Å². The van der Waals surface area contributed by atoms with Crippen LogP contribution in [0.5, 0.6) is 0 Å². The van der Waals surface area contributed by atoms with Gasteiger partial charge in [0, 0.05) is 63.7 Å². The Morgan fingerprint density at radius 3 is 2.89 bits per heavy atom. The van der Waals surface area contributed by atoms with Crippen molar-refractivity contribution >= 4 is 43.9 Å². The molecule has 3 aromatic heterocycles. The van der Waals surface area contributed by atoms with Gasteiger partial charge >= 0.3 is 0 Å². The van der Waals surface area contributed by atoms with Crippen LogP contribution < -0.4 is 4.90 Å². The standard InChI is InChI=1S/C19H22ClN5O2S/c1-12-11-27-7-6-25(12)13-8-16(22-18(9-13)24-28(2,3)26)15-10-17(20)23-19-14(15)4-5-21-19/h4-5,8-10,12H,6-7,11H2,1-3H3,(H,21,23)/t12-/m1/s1. The molecule has 7 nitrogen and oxygen atoms in total. The molecule has 1 aliphatic rings. The maximum Gasteiger partial charge on any atom is 0.164 e. The lowest BCUT2D eigenvalue weighted by Gasteiger charge is -2.35. The fourth-order valence-corrected chi connectivity index (χ4v) is 4.14. The number of ether oxygens (including phenoxy) is 1. The largest absolute Gasteiger partial charge is 0.377 e. The molecule has 0 radical (unpaired) electrons. The number of rotatable bonds is 3. The number of nitrogens with one attached hydrogen (secondary N) is 1. The molecule has 0 amide bonds. The second kappa shape index (κ2) is 7.35. The summed E-state index contributed by atoms with van der Waals surface area (Å²) in [5.41, 5.74) is 3.24. The minimum atomic E-state index is -2.35. The Bertz CT molecular complexity index is 1140. The van der Waals surface area contributed by atoms with E-state index in [1.165, 1.54) is 0 Å². The number of morpholine rings is 1. The maximum absolute atomic E-state index is 12.3. The van der Waals surface area contributed by atoms with Crippen LogP contribution in [-0.4, -0.2) is 57.5 Å². The van der Waals surface area contributed by atoms with Gasteiger partial charge in [0.05, 0.1) is 18.9 Å². The smallest absolute Gasteiger partial charge is 0.164 e. The second-order valence-electron chi connectivity index (χ2n) is 7.19. The number of hydrogen-bond donors (Lipinski definition) is 1. The molecule has 4 heterocycles. The topological polar surface area (TPSA) is 83.5 Å². The highest BCUT2D eigenvalue weighted by Gasteiger charge is 2.21. The highest BCUT2D eigenvalue weighted by Crippen LogP contribution is 2.34. The minimum Gasteiger partial charge on any atom is -0.377 e. The van der Waals surface area contributed by atoms with Crippen LogP contribution in [0.15, 0.2) is 34.8 Å². The Kier molecular flexibility index (Phi) is 5.03. The molecule has 0 spiro atoms. The lowest BCUT2D eigenvalue weighted by molar-refractivity contribution is 0.0989. The van der Waals surface area contributed by atoms with Gasteiger partial charge in [0.15, 0.2) is 5.82 Å². The molecule has 3 aromatic rings. The van der Waals surface area contributed by atoms with Crippen LogP contribution in [0.3, 0.4) is 0 Å². The Morgan fingerprint density at radius 1 is 1.32 bits per heavy atom. The molecule has 28 heavy (non-hydrogen) atoms. The second-order valence-corrected chi connectivity index (χ2v) is 10.1. The molecule has 0 aliphatic carbocycles. The van der Waals surface area contributed by atoms with Gasteiger partial charge in [-0.25, -0.2) is 14.2 Å².